The Morgan fingerprint density at radius 3 is 2.35 bits per heavy atom. The molecule has 1 aromatic rings. The molecule has 2 aliphatic rings. The zero-order chi connectivity index (χ0) is 14.0. The summed E-state index contributed by atoms with van der Waals surface area (Å²) in [5.41, 5.74) is 9.77. The zero-order valence-corrected chi connectivity index (χ0v) is 11.3. The molecule has 0 aliphatic carbocycles. The standard InChI is InChI=1S/C14H19N3O3/c15-12-3-1-11(2-4-12)13(18)16-17-7-5-14(6-8-17)19-9-10-20-14/h1-4H,5-10,15H2,(H,16,18). The van der Waals surface area contributed by atoms with Gasteiger partial charge in [-0.1, -0.05) is 0 Å². The third-order valence-electron chi connectivity index (χ3n) is 3.77. The fraction of sp³-hybridized carbons (Fsp3) is 0.500. The van der Waals surface area contributed by atoms with E-state index in [9.17, 15) is 4.79 Å². The number of hydrogen-bond donors (Lipinski definition) is 2. The van der Waals surface area contributed by atoms with Crippen LogP contribution in [0.25, 0.3) is 0 Å². The molecule has 0 aromatic heterocycles. The number of piperidine rings is 1. The Morgan fingerprint density at radius 1 is 1.15 bits per heavy atom. The molecule has 6 heteroatoms. The number of nitrogens with two attached hydrogens (primary N) is 1. The van der Waals surface area contributed by atoms with Crippen molar-refractivity contribution in [1.82, 2.24) is 10.4 Å². The largest absolute Gasteiger partial charge is 0.399 e. The van der Waals surface area contributed by atoms with E-state index in [-0.39, 0.29) is 5.91 Å². The second-order valence-electron chi connectivity index (χ2n) is 5.16. The van der Waals surface area contributed by atoms with Gasteiger partial charge in [0, 0.05) is 37.2 Å². The molecule has 2 fully saturated rings. The van der Waals surface area contributed by atoms with Gasteiger partial charge in [0.25, 0.3) is 5.91 Å². The molecule has 6 nitrogen and oxygen atoms in total. The van der Waals surface area contributed by atoms with E-state index in [4.69, 9.17) is 15.2 Å². The van der Waals surface area contributed by atoms with E-state index in [0.29, 0.717) is 24.5 Å². The second kappa shape index (κ2) is 5.40. The molecule has 0 bridgehead atoms. The third kappa shape index (κ3) is 2.77. The van der Waals surface area contributed by atoms with Crippen molar-refractivity contribution in [3.8, 4) is 0 Å². The summed E-state index contributed by atoms with van der Waals surface area (Å²) in [6.45, 7) is 2.77. The van der Waals surface area contributed by atoms with Crippen LogP contribution in [0.15, 0.2) is 24.3 Å². The van der Waals surface area contributed by atoms with Gasteiger partial charge in [-0.05, 0) is 24.3 Å². The minimum Gasteiger partial charge on any atom is -0.399 e. The lowest BCUT2D eigenvalue weighted by Crippen LogP contribution is -2.52. The SMILES string of the molecule is Nc1ccc(C(=O)NN2CCC3(CC2)OCCO3)cc1. The number of hydrazine groups is 1. The van der Waals surface area contributed by atoms with E-state index in [1.165, 1.54) is 0 Å². The summed E-state index contributed by atoms with van der Waals surface area (Å²) >= 11 is 0. The van der Waals surface area contributed by atoms with Crippen LogP contribution in [0.2, 0.25) is 0 Å². The number of amides is 1. The Hall–Kier alpha value is -1.63. The number of ether oxygens (including phenoxy) is 2. The van der Waals surface area contributed by atoms with Crippen molar-refractivity contribution >= 4 is 11.6 Å². The van der Waals surface area contributed by atoms with E-state index in [2.05, 4.69) is 5.43 Å². The Kier molecular flexibility index (Phi) is 3.60. The van der Waals surface area contributed by atoms with Crippen molar-refractivity contribution in [2.24, 2.45) is 0 Å². The van der Waals surface area contributed by atoms with Crippen molar-refractivity contribution in [1.29, 1.82) is 0 Å². The number of carbonyl (C=O) groups is 1. The lowest BCUT2D eigenvalue weighted by Gasteiger charge is -2.37. The number of carbonyl (C=O) groups excluding carboxylic acids is 1. The van der Waals surface area contributed by atoms with E-state index in [1.54, 1.807) is 24.3 Å². The van der Waals surface area contributed by atoms with Crippen molar-refractivity contribution in [3.05, 3.63) is 29.8 Å². The molecule has 108 valence electrons. The van der Waals surface area contributed by atoms with Crippen LogP contribution in [0.5, 0.6) is 0 Å². The summed E-state index contributed by atoms with van der Waals surface area (Å²) in [5.74, 6) is -0.531. The van der Waals surface area contributed by atoms with Crippen molar-refractivity contribution in [2.45, 2.75) is 18.6 Å². The molecule has 1 amide bonds. The molecule has 1 spiro atoms. The van der Waals surface area contributed by atoms with Crippen LogP contribution < -0.4 is 11.2 Å². The highest BCUT2D eigenvalue weighted by Gasteiger charge is 2.40. The summed E-state index contributed by atoms with van der Waals surface area (Å²) in [6, 6.07) is 6.89. The van der Waals surface area contributed by atoms with Crippen LogP contribution in [-0.2, 0) is 9.47 Å². The molecular formula is C14H19N3O3. The summed E-state index contributed by atoms with van der Waals surface area (Å²) < 4.78 is 11.3. The van der Waals surface area contributed by atoms with Crippen LogP contribution in [0.4, 0.5) is 5.69 Å². The number of nitrogens with zero attached hydrogens (tertiary/aromatic N) is 1. The smallest absolute Gasteiger partial charge is 0.265 e. The Bertz CT molecular complexity index is 473. The molecular weight excluding hydrogens is 258 g/mol. The average Bonchev–Trinajstić information content (AvgIpc) is 2.91. The predicted molar refractivity (Wildman–Crippen MR) is 73.8 cm³/mol. The quantitative estimate of drug-likeness (QED) is 0.780. The third-order valence-corrected chi connectivity index (χ3v) is 3.77. The first-order valence-electron chi connectivity index (χ1n) is 6.86. The summed E-state index contributed by atoms with van der Waals surface area (Å²) in [4.78, 5) is 12.1. The Labute approximate surface area is 117 Å². The van der Waals surface area contributed by atoms with Gasteiger partial charge in [-0.15, -0.1) is 0 Å². The van der Waals surface area contributed by atoms with Crippen LogP contribution >= 0.6 is 0 Å². The molecule has 3 rings (SSSR count). The number of hydrogen-bond acceptors (Lipinski definition) is 5. The van der Waals surface area contributed by atoms with E-state index >= 15 is 0 Å². The average molecular weight is 277 g/mol. The van der Waals surface area contributed by atoms with Gasteiger partial charge in [0.2, 0.25) is 0 Å². The fourth-order valence-corrected chi connectivity index (χ4v) is 2.59. The Morgan fingerprint density at radius 2 is 1.75 bits per heavy atom. The Balaban J connectivity index is 1.54. The number of nitrogens with one attached hydrogen (secondary N) is 1. The second-order valence-corrected chi connectivity index (χ2v) is 5.16. The van der Waals surface area contributed by atoms with Crippen LogP contribution in [0.1, 0.15) is 23.2 Å². The number of rotatable bonds is 2. The summed E-state index contributed by atoms with van der Waals surface area (Å²) in [6.07, 6.45) is 1.55. The maximum absolute atomic E-state index is 12.1. The number of nitrogen functional groups attached to an aromatic ring is 1. The molecule has 2 saturated heterocycles. The molecule has 0 radical (unpaired) electrons. The predicted octanol–water partition coefficient (Wildman–Crippen LogP) is 0.752. The highest BCUT2D eigenvalue weighted by Crippen LogP contribution is 2.30. The van der Waals surface area contributed by atoms with Gasteiger partial charge in [0.15, 0.2) is 5.79 Å². The van der Waals surface area contributed by atoms with Crippen molar-refractivity contribution in [3.63, 3.8) is 0 Å². The molecule has 0 saturated carbocycles. The minimum absolute atomic E-state index is 0.116. The van der Waals surface area contributed by atoms with E-state index in [0.717, 1.165) is 25.9 Å². The lowest BCUT2D eigenvalue weighted by molar-refractivity contribution is -0.187. The van der Waals surface area contributed by atoms with Gasteiger partial charge in [-0.3, -0.25) is 10.2 Å². The first-order valence-corrected chi connectivity index (χ1v) is 6.86. The van der Waals surface area contributed by atoms with Gasteiger partial charge in [0.05, 0.1) is 13.2 Å². The van der Waals surface area contributed by atoms with Gasteiger partial charge in [0.1, 0.15) is 0 Å². The van der Waals surface area contributed by atoms with Gasteiger partial charge >= 0.3 is 0 Å². The number of anilines is 1. The molecule has 0 unspecified atom stereocenters. The normalized spacial score (nSPS) is 22.0. The fourth-order valence-electron chi connectivity index (χ4n) is 2.59. The maximum atomic E-state index is 12.1. The molecule has 2 heterocycles. The highest BCUT2D eigenvalue weighted by molar-refractivity contribution is 5.94. The first-order chi connectivity index (χ1) is 9.67. The molecule has 1 aromatic carbocycles. The molecule has 2 aliphatic heterocycles. The topological polar surface area (TPSA) is 76.8 Å². The molecule has 0 atom stereocenters. The highest BCUT2D eigenvalue weighted by atomic mass is 16.7. The monoisotopic (exact) mass is 277 g/mol. The van der Waals surface area contributed by atoms with Crippen molar-refractivity contribution < 1.29 is 14.3 Å². The van der Waals surface area contributed by atoms with Gasteiger partial charge < -0.3 is 15.2 Å². The lowest BCUT2D eigenvalue weighted by atomic mass is 10.1. The van der Waals surface area contributed by atoms with Crippen LogP contribution in [-0.4, -0.2) is 43.0 Å². The van der Waals surface area contributed by atoms with E-state index < -0.39 is 5.79 Å². The maximum Gasteiger partial charge on any atom is 0.265 e. The van der Waals surface area contributed by atoms with Crippen LogP contribution in [0, 0.1) is 0 Å². The van der Waals surface area contributed by atoms with Crippen molar-refractivity contribution in [2.75, 3.05) is 32.0 Å². The van der Waals surface area contributed by atoms with Crippen LogP contribution in [0.3, 0.4) is 0 Å². The number of benzene rings is 1. The zero-order valence-electron chi connectivity index (χ0n) is 11.3. The first kappa shape index (κ1) is 13.4. The van der Waals surface area contributed by atoms with E-state index in [1.807, 2.05) is 5.01 Å². The minimum atomic E-state index is -0.414. The van der Waals surface area contributed by atoms with Gasteiger partial charge in [-0.2, -0.15) is 0 Å². The van der Waals surface area contributed by atoms with Gasteiger partial charge in [-0.25, -0.2) is 5.01 Å². The molecule has 3 N–H and O–H groups in total. The molecule has 20 heavy (non-hydrogen) atoms. The summed E-state index contributed by atoms with van der Waals surface area (Å²) in [5, 5.41) is 1.91. The summed E-state index contributed by atoms with van der Waals surface area (Å²) in [7, 11) is 0.